The van der Waals surface area contributed by atoms with Gasteiger partial charge in [-0.05, 0) is 45.0 Å². The number of amides is 3. The lowest BCUT2D eigenvalue weighted by Crippen LogP contribution is -2.35. The molecule has 1 rings (SSSR count). The Hall–Kier alpha value is -1.80. The quantitative estimate of drug-likeness (QED) is 0.612. The topological polar surface area (TPSA) is 88.7 Å². The molecular weight excluding hydrogens is 378 g/mol. The number of ether oxygens (including phenoxy) is 2. The fraction of sp³-hybridized carbons (Fsp3) is 0.500. The number of hydrogen-bond donors (Lipinski definition) is 3. The molecule has 0 heterocycles. The molecule has 8 heteroatoms. The summed E-state index contributed by atoms with van der Waals surface area (Å²) in [6.07, 6.45) is -0.474. The normalized spacial score (nSPS) is 10.8. The van der Waals surface area contributed by atoms with Gasteiger partial charge in [0.1, 0.15) is 5.60 Å². The van der Waals surface area contributed by atoms with Crippen molar-refractivity contribution in [3.05, 3.63) is 28.7 Å². The van der Waals surface area contributed by atoms with Crippen LogP contribution >= 0.6 is 15.9 Å². The first-order valence-electron chi connectivity index (χ1n) is 7.61. The van der Waals surface area contributed by atoms with E-state index in [0.29, 0.717) is 32.0 Å². The number of halogens is 1. The van der Waals surface area contributed by atoms with Crippen molar-refractivity contribution < 1.29 is 19.1 Å². The maximum atomic E-state index is 11.6. The third kappa shape index (κ3) is 10.1. The first-order valence-corrected chi connectivity index (χ1v) is 8.40. The zero-order valence-corrected chi connectivity index (χ0v) is 15.7. The van der Waals surface area contributed by atoms with Crippen LogP contribution in [0.2, 0.25) is 0 Å². The lowest BCUT2D eigenvalue weighted by Gasteiger charge is -2.19. The van der Waals surface area contributed by atoms with Gasteiger partial charge < -0.3 is 25.4 Å². The van der Waals surface area contributed by atoms with E-state index in [1.165, 1.54) is 0 Å². The van der Waals surface area contributed by atoms with Crippen molar-refractivity contribution in [1.82, 2.24) is 10.6 Å². The summed E-state index contributed by atoms with van der Waals surface area (Å²) >= 11 is 3.33. The largest absolute Gasteiger partial charge is 0.444 e. The van der Waals surface area contributed by atoms with Crippen molar-refractivity contribution in [3.8, 4) is 0 Å². The number of carbonyl (C=O) groups is 2. The van der Waals surface area contributed by atoms with E-state index in [0.717, 1.165) is 4.47 Å². The zero-order valence-electron chi connectivity index (χ0n) is 14.1. The lowest BCUT2D eigenvalue weighted by atomic mass is 10.2. The molecule has 0 bridgehead atoms. The highest BCUT2D eigenvalue weighted by molar-refractivity contribution is 9.10. The molecule has 0 fully saturated rings. The number of anilines is 1. The molecule has 1 aromatic rings. The van der Waals surface area contributed by atoms with E-state index in [-0.39, 0.29) is 6.03 Å². The van der Waals surface area contributed by atoms with Crippen molar-refractivity contribution in [3.63, 3.8) is 0 Å². The number of benzene rings is 1. The van der Waals surface area contributed by atoms with Crippen molar-refractivity contribution in [2.75, 3.05) is 31.6 Å². The second kappa shape index (κ2) is 10.1. The average molecular weight is 402 g/mol. The predicted molar refractivity (Wildman–Crippen MR) is 96.2 cm³/mol. The Bertz CT molecular complexity index is 529. The fourth-order valence-corrected chi connectivity index (χ4v) is 1.85. The third-order valence-electron chi connectivity index (χ3n) is 2.55. The van der Waals surface area contributed by atoms with Gasteiger partial charge >= 0.3 is 12.1 Å². The summed E-state index contributed by atoms with van der Waals surface area (Å²) in [5.74, 6) is 0. The van der Waals surface area contributed by atoms with Crippen LogP contribution in [0.3, 0.4) is 0 Å². The average Bonchev–Trinajstić information content (AvgIpc) is 2.47. The number of rotatable bonds is 7. The highest BCUT2D eigenvalue weighted by Crippen LogP contribution is 2.13. The molecule has 0 saturated carbocycles. The van der Waals surface area contributed by atoms with Crippen molar-refractivity contribution in [1.29, 1.82) is 0 Å². The lowest BCUT2D eigenvalue weighted by molar-refractivity contribution is 0.0501. The molecule has 0 spiro atoms. The summed E-state index contributed by atoms with van der Waals surface area (Å²) in [5, 5.41) is 7.97. The van der Waals surface area contributed by atoms with E-state index < -0.39 is 11.7 Å². The molecule has 7 nitrogen and oxygen atoms in total. The number of urea groups is 1. The fourth-order valence-electron chi connectivity index (χ4n) is 1.59. The Labute approximate surface area is 150 Å². The summed E-state index contributed by atoms with van der Waals surface area (Å²) in [6, 6.07) is 6.98. The smallest absolute Gasteiger partial charge is 0.407 e. The first kappa shape index (κ1) is 20.2. The molecule has 0 saturated heterocycles. The molecule has 0 radical (unpaired) electrons. The van der Waals surface area contributed by atoms with Gasteiger partial charge in [-0.3, -0.25) is 0 Å². The molecule has 134 valence electrons. The molecule has 24 heavy (non-hydrogen) atoms. The van der Waals surface area contributed by atoms with Crippen molar-refractivity contribution >= 4 is 33.7 Å². The van der Waals surface area contributed by atoms with E-state index >= 15 is 0 Å². The Balaban J connectivity index is 2.02. The summed E-state index contributed by atoms with van der Waals surface area (Å²) in [6.45, 7) is 6.81. The molecule has 0 aliphatic rings. The zero-order chi connectivity index (χ0) is 18.0. The van der Waals surface area contributed by atoms with Gasteiger partial charge in [-0.25, -0.2) is 9.59 Å². The highest BCUT2D eigenvalue weighted by atomic mass is 79.9. The van der Waals surface area contributed by atoms with Gasteiger partial charge in [0, 0.05) is 23.2 Å². The van der Waals surface area contributed by atoms with Crippen LogP contribution in [0, 0.1) is 0 Å². The van der Waals surface area contributed by atoms with Crippen LogP contribution in [0.15, 0.2) is 28.7 Å². The van der Waals surface area contributed by atoms with E-state index in [2.05, 4.69) is 31.9 Å². The monoisotopic (exact) mass is 401 g/mol. The molecule has 3 amide bonds. The van der Waals surface area contributed by atoms with E-state index in [1.54, 1.807) is 32.9 Å². The van der Waals surface area contributed by atoms with Crippen molar-refractivity contribution in [2.24, 2.45) is 0 Å². The van der Waals surface area contributed by atoms with E-state index in [1.807, 2.05) is 12.1 Å². The Morgan fingerprint density at radius 1 is 1.04 bits per heavy atom. The maximum Gasteiger partial charge on any atom is 0.407 e. The van der Waals surface area contributed by atoms with Crippen LogP contribution < -0.4 is 16.0 Å². The van der Waals surface area contributed by atoms with Crippen LogP contribution in [0.5, 0.6) is 0 Å². The van der Waals surface area contributed by atoms with Gasteiger partial charge in [0.15, 0.2) is 0 Å². The maximum absolute atomic E-state index is 11.6. The number of alkyl carbamates (subject to hydrolysis) is 1. The summed E-state index contributed by atoms with van der Waals surface area (Å²) < 4.78 is 11.3. The van der Waals surface area contributed by atoms with Gasteiger partial charge in [0.2, 0.25) is 0 Å². The second-order valence-electron chi connectivity index (χ2n) is 5.93. The van der Waals surface area contributed by atoms with E-state index in [4.69, 9.17) is 9.47 Å². The van der Waals surface area contributed by atoms with Gasteiger partial charge in [-0.2, -0.15) is 0 Å². The second-order valence-corrected chi connectivity index (χ2v) is 6.84. The number of carbonyl (C=O) groups excluding carboxylic acids is 2. The first-order chi connectivity index (χ1) is 11.3. The van der Waals surface area contributed by atoms with Crippen LogP contribution in [-0.4, -0.2) is 44.0 Å². The molecule has 1 aromatic carbocycles. The predicted octanol–water partition coefficient (Wildman–Crippen LogP) is 3.11. The van der Waals surface area contributed by atoms with Crippen LogP contribution in [-0.2, 0) is 9.47 Å². The Morgan fingerprint density at radius 2 is 1.62 bits per heavy atom. The van der Waals surface area contributed by atoms with Gasteiger partial charge in [0.25, 0.3) is 0 Å². The molecule has 0 aromatic heterocycles. The van der Waals surface area contributed by atoms with Gasteiger partial charge in [-0.1, -0.05) is 15.9 Å². The summed E-state index contributed by atoms with van der Waals surface area (Å²) in [4.78, 5) is 23.0. The van der Waals surface area contributed by atoms with Crippen LogP contribution in [0.4, 0.5) is 15.3 Å². The molecular formula is C16H24BrN3O4. The van der Waals surface area contributed by atoms with E-state index in [9.17, 15) is 9.59 Å². The molecule has 0 unspecified atom stereocenters. The summed E-state index contributed by atoms with van der Waals surface area (Å²) in [5.41, 5.74) is 0.190. The standard InChI is InChI=1S/C16H24BrN3O4/c1-16(2,3)24-15(22)19-9-11-23-10-8-18-14(21)20-13-6-4-12(17)5-7-13/h4-7H,8-11H2,1-3H3,(H,19,22)(H2,18,20,21). The highest BCUT2D eigenvalue weighted by Gasteiger charge is 2.15. The minimum Gasteiger partial charge on any atom is -0.444 e. The minimum atomic E-state index is -0.517. The Kier molecular flexibility index (Phi) is 8.56. The van der Waals surface area contributed by atoms with Crippen LogP contribution in [0.25, 0.3) is 0 Å². The number of hydrogen-bond acceptors (Lipinski definition) is 4. The molecule has 0 atom stereocenters. The van der Waals surface area contributed by atoms with Crippen molar-refractivity contribution in [2.45, 2.75) is 26.4 Å². The Morgan fingerprint density at radius 3 is 2.21 bits per heavy atom. The SMILES string of the molecule is CC(C)(C)OC(=O)NCCOCCNC(=O)Nc1ccc(Br)cc1. The molecule has 3 N–H and O–H groups in total. The number of nitrogens with one attached hydrogen (secondary N) is 3. The van der Waals surface area contributed by atoms with Gasteiger partial charge in [0.05, 0.1) is 13.2 Å². The minimum absolute atomic E-state index is 0.298. The molecule has 0 aliphatic heterocycles. The third-order valence-corrected chi connectivity index (χ3v) is 3.08. The molecule has 0 aliphatic carbocycles. The van der Waals surface area contributed by atoms with Crippen LogP contribution in [0.1, 0.15) is 20.8 Å². The summed E-state index contributed by atoms with van der Waals surface area (Å²) in [7, 11) is 0. The van der Waals surface area contributed by atoms with Gasteiger partial charge in [-0.15, -0.1) is 0 Å².